The highest BCUT2D eigenvalue weighted by molar-refractivity contribution is 5.65. The predicted octanol–water partition coefficient (Wildman–Crippen LogP) is 1.76. The van der Waals surface area contributed by atoms with E-state index >= 15 is 0 Å². The second kappa shape index (κ2) is 4.89. The molecule has 0 spiro atoms. The summed E-state index contributed by atoms with van der Waals surface area (Å²) in [7, 11) is 0. The minimum absolute atomic E-state index is 0.210. The van der Waals surface area contributed by atoms with Gasteiger partial charge in [-0.15, -0.1) is 0 Å². The molecule has 1 aliphatic rings. The third-order valence-electron chi connectivity index (χ3n) is 3.31. The van der Waals surface area contributed by atoms with Crippen LogP contribution in [0.2, 0.25) is 0 Å². The van der Waals surface area contributed by atoms with Crippen LogP contribution in [0.15, 0.2) is 18.2 Å². The lowest BCUT2D eigenvalue weighted by atomic mass is 9.86. The van der Waals surface area contributed by atoms with Gasteiger partial charge in [-0.3, -0.25) is 0 Å². The monoisotopic (exact) mass is 256 g/mol. The van der Waals surface area contributed by atoms with Crippen LogP contribution in [-0.2, 0) is 0 Å². The van der Waals surface area contributed by atoms with Crippen molar-refractivity contribution < 1.29 is 18.7 Å². The molecule has 4 nitrogen and oxygen atoms in total. The molecule has 3 N–H and O–H groups in total. The number of nitrogens with two attached hydrogens (primary N) is 1. The Bertz CT molecular complexity index is 467. The second-order valence-electron chi connectivity index (χ2n) is 4.46. The molecular formula is C12H14F2N2O2. The van der Waals surface area contributed by atoms with Gasteiger partial charge in [0.25, 0.3) is 0 Å². The number of carboxylic acid groups (broad SMARTS) is 1. The van der Waals surface area contributed by atoms with E-state index in [0.29, 0.717) is 18.5 Å². The summed E-state index contributed by atoms with van der Waals surface area (Å²) in [5, 5.41) is 8.94. The zero-order valence-corrected chi connectivity index (χ0v) is 9.64. The van der Waals surface area contributed by atoms with E-state index in [1.807, 2.05) is 0 Å². The zero-order valence-electron chi connectivity index (χ0n) is 9.64. The molecule has 18 heavy (non-hydrogen) atoms. The molecule has 98 valence electrons. The van der Waals surface area contributed by atoms with Crippen molar-refractivity contribution in [2.24, 2.45) is 5.73 Å². The van der Waals surface area contributed by atoms with Gasteiger partial charge in [0.2, 0.25) is 0 Å². The molecule has 6 heteroatoms. The van der Waals surface area contributed by atoms with Gasteiger partial charge in [0, 0.05) is 25.0 Å². The van der Waals surface area contributed by atoms with Crippen molar-refractivity contribution in [2.45, 2.75) is 18.4 Å². The lowest BCUT2D eigenvalue weighted by Gasteiger charge is -2.35. The molecule has 1 aliphatic heterocycles. The first kappa shape index (κ1) is 12.8. The van der Waals surface area contributed by atoms with Gasteiger partial charge in [-0.25, -0.2) is 13.6 Å². The molecular weight excluding hydrogens is 242 g/mol. The van der Waals surface area contributed by atoms with Crippen LogP contribution >= 0.6 is 0 Å². The Morgan fingerprint density at radius 1 is 1.39 bits per heavy atom. The number of hydrogen-bond acceptors (Lipinski definition) is 2. The van der Waals surface area contributed by atoms with E-state index < -0.39 is 17.7 Å². The van der Waals surface area contributed by atoms with Crippen LogP contribution in [0.25, 0.3) is 0 Å². The molecule has 0 bridgehead atoms. The van der Waals surface area contributed by atoms with E-state index in [2.05, 4.69) is 0 Å². The van der Waals surface area contributed by atoms with E-state index in [-0.39, 0.29) is 18.5 Å². The van der Waals surface area contributed by atoms with Gasteiger partial charge in [0.05, 0.1) is 0 Å². The third-order valence-corrected chi connectivity index (χ3v) is 3.31. The summed E-state index contributed by atoms with van der Waals surface area (Å²) in [6.07, 6.45) is -0.509. The molecule has 1 amide bonds. The van der Waals surface area contributed by atoms with Gasteiger partial charge >= 0.3 is 6.09 Å². The summed E-state index contributed by atoms with van der Waals surface area (Å²) in [4.78, 5) is 12.2. The smallest absolute Gasteiger partial charge is 0.407 e. The summed E-state index contributed by atoms with van der Waals surface area (Å²) >= 11 is 0. The van der Waals surface area contributed by atoms with Crippen LogP contribution in [0.4, 0.5) is 13.6 Å². The van der Waals surface area contributed by atoms with E-state index in [1.54, 1.807) is 0 Å². The fourth-order valence-electron chi connectivity index (χ4n) is 2.24. The maximum atomic E-state index is 13.2. The average Bonchev–Trinajstić information content (AvgIpc) is 2.33. The van der Waals surface area contributed by atoms with Gasteiger partial charge in [0.1, 0.15) is 0 Å². The molecule has 2 atom stereocenters. The molecule has 1 saturated heterocycles. The summed E-state index contributed by atoms with van der Waals surface area (Å²) < 4.78 is 26.0. The molecule has 1 fully saturated rings. The van der Waals surface area contributed by atoms with Crippen molar-refractivity contribution >= 4 is 6.09 Å². The third kappa shape index (κ3) is 2.43. The lowest BCUT2D eigenvalue weighted by Crippen LogP contribution is -2.47. The molecule has 0 aliphatic carbocycles. The number of piperidine rings is 1. The number of rotatable bonds is 1. The predicted molar refractivity (Wildman–Crippen MR) is 61.3 cm³/mol. The van der Waals surface area contributed by atoms with E-state index in [0.717, 1.165) is 12.1 Å². The van der Waals surface area contributed by atoms with Crippen LogP contribution < -0.4 is 5.73 Å². The van der Waals surface area contributed by atoms with Crippen LogP contribution in [-0.4, -0.2) is 35.2 Å². The van der Waals surface area contributed by atoms with Crippen LogP contribution in [0.5, 0.6) is 0 Å². The molecule has 0 saturated carbocycles. The Labute approximate surface area is 103 Å². The fourth-order valence-corrected chi connectivity index (χ4v) is 2.24. The lowest BCUT2D eigenvalue weighted by molar-refractivity contribution is 0.126. The van der Waals surface area contributed by atoms with Crippen molar-refractivity contribution in [1.82, 2.24) is 4.90 Å². The number of hydrogen-bond donors (Lipinski definition) is 2. The van der Waals surface area contributed by atoms with Gasteiger partial charge in [0.15, 0.2) is 11.6 Å². The highest BCUT2D eigenvalue weighted by atomic mass is 19.2. The number of halogens is 2. The Kier molecular flexibility index (Phi) is 3.47. The summed E-state index contributed by atoms with van der Waals surface area (Å²) in [6, 6.07) is 3.34. The van der Waals surface area contributed by atoms with Gasteiger partial charge in [-0.1, -0.05) is 6.07 Å². The highest BCUT2D eigenvalue weighted by Crippen LogP contribution is 2.27. The van der Waals surface area contributed by atoms with E-state index in [9.17, 15) is 13.6 Å². The minimum Gasteiger partial charge on any atom is -0.465 e. The molecule has 2 rings (SSSR count). The molecule has 0 radical (unpaired) electrons. The van der Waals surface area contributed by atoms with Crippen molar-refractivity contribution in [1.29, 1.82) is 0 Å². The molecule has 0 unspecified atom stereocenters. The Hall–Kier alpha value is -1.69. The van der Waals surface area contributed by atoms with Crippen LogP contribution in [0.3, 0.4) is 0 Å². The highest BCUT2D eigenvalue weighted by Gasteiger charge is 2.30. The fraction of sp³-hybridized carbons (Fsp3) is 0.417. The standard InChI is InChI=1S/C12H14F2N2O2/c13-9-2-1-7(5-10(9)14)8-6-16(12(17)18)4-3-11(8)15/h1-2,5,8,11H,3-4,6,15H2,(H,17,18)/t8-,11+/m0/s1. The molecule has 1 aromatic carbocycles. The summed E-state index contributed by atoms with van der Waals surface area (Å²) in [6.45, 7) is 0.582. The second-order valence-corrected chi connectivity index (χ2v) is 4.46. The van der Waals surface area contributed by atoms with Crippen LogP contribution in [0.1, 0.15) is 17.9 Å². The molecule has 1 heterocycles. The van der Waals surface area contributed by atoms with Crippen molar-refractivity contribution in [2.75, 3.05) is 13.1 Å². The number of amides is 1. The first-order valence-electron chi connectivity index (χ1n) is 5.67. The van der Waals surface area contributed by atoms with Crippen molar-refractivity contribution in [3.63, 3.8) is 0 Å². The van der Waals surface area contributed by atoms with Gasteiger partial charge in [-0.2, -0.15) is 0 Å². The van der Waals surface area contributed by atoms with Crippen molar-refractivity contribution in [3.05, 3.63) is 35.4 Å². The van der Waals surface area contributed by atoms with Crippen LogP contribution in [0, 0.1) is 11.6 Å². The number of likely N-dealkylation sites (tertiary alicyclic amines) is 1. The average molecular weight is 256 g/mol. The summed E-state index contributed by atoms with van der Waals surface area (Å²) in [5.74, 6) is -2.16. The Morgan fingerprint density at radius 2 is 2.11 bits per heavy atom. The SMILES string of the molecule is N[C@@H]1CCN(C(=O)O)C[C@H]1c1ccc(F)c(F)c1. The molecule has 1 aromatic rings. The Balaban J connectivity index is 2.24. The number of nitrogens with zero attached hydrogens (tertiary/aromatic N) is 1. The first-order chi connectivity index (χ1) is 8.49. The topological polar surface area (TPSA) is 66.6 Å². The normalized spacial score (nSPS) is 24.1. The maximum absolute atomic E-state index is 13.2. The first-order valence-corrected chi connectivity index (χ1v) is 5.67. The largest absolute Gasteiger partial charge is 0.465 e. The molecule has 0 aromatic heterocycles. The summed E-state index contributed by atoms with van der Waals surface area (Å²) in [5.41, 5.74) is 6.46. The quantitative estimate of drug-likeness (QED) is 0.804. The van der Waals surface area contributed by atoms with Gasteiger partial charge < -0.3 is 15.7 Å². The maximum Gasteiger partial charge on any atom is 0.407 e. The Morgan fingerprint density at radius 3 is 2.72 bits per heavy atom. The number of carbonyl (C=O) groups is 1. The zero-order chi connectivity index (χ0) is 13.3. The number of benzene rings is 1. The van der Waals surface area contributed by atoms with E-state index in [4.69, 9.17) is 10.8 Å². The van der Waals surface area contributed by atoms with Crippen molar-refractivity contribution in [3.8, 4) is 0 Å². The minimum atomic E-state index is -1.02. The van der Waals surface area contributed by atoms with E-state index in [1.165, 1.54) is 11.0 Å². The van der Waals surface area contributed by atoms with Gasteiger partial charge in [-0.05, 0) is 24.1 Å².